The van der Waals surface area contributed by atoms with E-state index in [9.17, 15) is 13.2 Å². The summed E-state index contributed by atoms with van der Waals surface area (Å²) >= 11 is 0. The van der Waals surface area contributed by atoms with Gasteiger partial charge in [0.25, 0.3) is 0 Å². The summed E-state index contributed by atoms with van der Waals surface area (Å²) in [6.45, 7) is 4.49. The number of fused-ring (bicyclic) bond motifs is 1. The number of hydrogen-bond acceptors (Lipinski definition) is 4. The molecule has 1 saturated heterocycles. The molecule has 7 nitrogen and oxygen atoms in total. The highest BCUT2D eigenvalue weighted by Crippen LogP contribution is 2.40. The van der Waals surface area contributed by atoms with Crippen molar-refractivity contribution in [1.82, 2.24) is 19.4 Å². The number of rotatable bonds is 5. The van der Waals surface area contributed by atoms with E-state index in [1.807, 2.05) is 12.3 Å². The fourth-order valence-corrected chi connectivity index (χ4v) is 5.73. The van der Waals surface area contributed by atoms with Crippen molar-refractivity contribution >= 4 is 15.9 Å². The summed E-state index contributed by atoms with van der Waals surface area (Å²) in [6.07, 6.45) is 6.39. The molecule has 2 aliphatic rings. The fourth-order valence-electron chi connectivity index (χ4n) is 4.17. The lowest BCUT2D eigenvalue weighted by Crippen LogP contribution is -2.35. The highest BCUT2D eigenvalue weighted by molar-refractivity contribution is 7.89. The fraction of sp³-hybridized carbons (Fsp3) is 0.368. The molecule has 1 amide bonds. The number of benzene rings is 1. The van der Waals surface area contributed by atoms with Crippen LogP contribution in [0.15, 0.2) is 60.3 Å². The molecule has 0 spiro atoms. The van der Waals surface area contributed by atoms with E-state index >= 15 is 0 Å². The minimum atomic E-state index is -3.51. The molecule has 1 aliphatic carbocycles. The lowest BCUT2D eigenvalue weighted by atomic mass is 10.0. The average molecular weight is 386 g/mol. The molecule has 1 aromatic carbocycles. The topological polar surface area (TPSA) is 84.3 Å². The van der Waals surface area contributed by atoms with Crippen molar-refractivity contribution in [2.45, 2.75) is 23.8 Å². The Kier molecular flexibility index (Phi) is 4.61. The predicted octanol–water partition coefficient (Wildman–Crippen LogP) is 1.57. The molecule has 2 aromatic rings. The molecule has 1 N–H and O–H groups in total. The van der Waals surface area contributed by atoms with Gasteiger partial charge in [-0.25, -0.2) is 13.1 Å². The van der Waals surface area contributed by atoms with E-state index in [2.05, 4.69) is 17.0 Å². The highest BCUT2D eigenvalue weighted by atomic mass is 32.2. The van der Waals surface area contributed by atoms with Gasteiger partial charge in [-0.2, -0.15) is 9.40 Å². The average Bonchev–Trinajstić information content (AvgIpc) is 3.38. The number of carbonyl (C=O) groups is 1. The maximum atomic E-state index is 13.0. The van der Waals surface area contributed by atoms with Gasteiger partial charge in [-0.1, -0.05) is 6.58 Å². The lowest BCUT2D eigenvalue weighted by Gasteiger charge is -2.19. The number of sulfonamides is 1. The molecule has 2 atom stereocenters. The van der Waals surface area contributed by atoms with E-state index in [0.717, 1.165) is 18.5 Å². The van der Waals surface area contributed by atoms with Crippen LogP contribution in [0.4, 0.5) is 0 Å². The van der Waals surface area contributed by atoms with Crippen molar-refractivity contribution < 1.29 is 13.2 Å². The van der Waals surface area contributed by atoms with E-state index in [-0.39, 0.29) is 11.9 Å². The number of hydrogen-bond donors (Lipinski definition) is 1. The van der Waals surface area contributed by atoms with Crippen LogP contribution in [-0.4, -0.2) is 47.5 Å². The predicted molar refractivity (Wildman–Crippen MR) is 101 cm³/mol. The van der Waals surface area contributed by atoms with Crippen LogP contribution in [0.5, 0.6) is 0 Å². The minimum absolute atomic E-state index is 0.115. The number of nitrogens with one attached hydrogen (secondary N) is 1. The van der Waals surface area contributed by atoms with Crippen molar-refractivity contribution in [3.05, 3.63) is 55.4 Å². The number of nitrogens with zero attached hydrogens (tertiary/aromatic N) is 3. The van der Waals surface area contributed by atoms with Crippen molar-refractivity contribution in [1.29, 1.82) is 0 Å². The van der Waals surface area contributed by atoms with Crippen molar-refractivity contribution in [2.24, 2.45) is 11.8 Å². The molecule has 4 rings (SSSR count). The van der Waals surface area contributed by atoms with E-state index in [4.69, 9.17) is 0 Å². The smallest absolute Gasteiger partial charge is 0.243 e. The van der Waals surface area contributed by atoms with Crippen LogP contribution in [0.25, 0.3) is 5.69 Å². The first-order valence-corrected chi connectivity index (χ1v) is 10.4. The summed E-state index contributed by atoms with van der Waals surface area (Å²) in [5, 5.41) is 7.08. The Bertz CT molecular complexity index is 924. The zero-order chi connectivity index (χ0) is 19.0. The summed E-state index contributed by atoms with van der Waals surface area (Å²) < 4.78 is 29.2. The van der Waals surface area contributed by atoms with E-state index in [1.165, 1.54) is 6.08 Å². The van der Waals surface area contributed by atoms with Crippen LogP contribution < -0.4 is 5.32 Å². The molecule has 1 saturated carbocycles. The van der Waals surface area contributed by atoms with Gasteiger partial charge in [-0.05, 0) is 61.1 Å². The second-order valence-electron chi connectivity index (χ2n) is 7.17. The number of aromatic nitrogens is 2. The Morgan fingerprint density at radius 2 is 1.85 bits per heavy atom. The van der Waals surface area contributed by atoms with Crippen LogP contribution in [-0.2, 0) is 14.8 Å². The summed E-state index contributed by atoms with van der Waals surface area (Å²) in [4.78, 5) is 11.8. The second-order valence-corrected chi connectivity index (χ2v) is 9.11. The Balaban J connectivity index is 1.44. The van der Waals surface area contributed by atoms with Gasteiger partial charge in [0.1, 0.15) is 0 Å². The van der Waals surface area contributed by atoms with Gasteiger partial charge in [0.15, 0.2) is 0 Å². The van der Waals surface area contributed by atoms with Gasteiger partial charge >= 0.3 is 0 Å². The SMILES string of the molecule is C=CC(=O)NC1CC2CN(S(=O)(=O)c3ccc(-n4cccn4)cc3)CC2C1. The number of amides is 1. The summed E-state index contributed by atoms with van der Waals surface area (Å²) in [5.41, 5.74) is 0.818. The molecule has 8 heteroatoms. The van der Waals surface area contributed by atoms with E-state index < -0.39 is 10.0 Å². The van der Waals surface area contributed by atoms with E-state index in [0.29, 0.717) is 29.8 Å². The molecule has 27 heavy (non-hydrogen) atoms. The van der Waals surface area contributed by atoms with Gasteiger partial charge in [-0.3, -0.25) is 4.79 Å². The summed E-state index contributed by atoms with van der Waals surface area (Å²) in [5.74, 6) is 0.415. The molecule has 2 fully saturated rings. The quantitative estimate of drug-likeness (QED) is 0.791. The normalized spacial score (nSPS) is 25.3. The Morgan fingerprint density at radius 3 is 2.41 bits per heavy atom. The molecule has 1 aromatic heterocycles. The van der Waals surface area contributed by atoms with Crippen LogP contribution in [0, 0.1) is 11.8 Å². The Morgan fingerprint density at radius 1 is 1.19 bits per heavy atom. The third-order valence-electron chi connectivity index (χ3n) is 5.49. The third kappa shape index (κ3) is 3.42. The molecule has 0 bridgehead atoms. The van der Waals surface area contributed by atoms with Crippen LogP contribution in [0.3, 0.4) is 0 Å². The van der Waals surface area contributed by atoms with Gasteiger partial charge < -0.3 is 5.32 Å². The van der Waals surface area contributed by atoms with Crippen LogP contribution in [0.1, 0.15) is 12.8 Å². The maximum Gasteiger partial charge on any atom is 0.243 e. The molecular weight excluding hydrogens is 364 g/mol. The number of carbonyl (C=O) groups excluding carboxylic acids is 1. The zero-order valence-electron chi connectivity index (χ0n) is 14.9. The standard InChI is InChI=1S/C19H22N4O3S/c1-2-19(24)21-16-10-14-12-22(13-15(14)11-16)27(25,26)18-6-4-17(5-7-18)23-9-3-8-20-23/h2-9,14-16H,1,10-13H2,(H,21,24). The van der Waals surface area contributed by atoms with Gasteiger partial charge in [0.05, 0.1) is 10.6 Å². The van der Waals surface area contributed by atoms with Gasteiger partial charge in [0, 0.05) is 31.5 Å². The Labute approximate surface area is 158 Å². The monoisotopic (exact) mass is 386 g/mol. The Hall–Kier alpha value is -2.45. The van der Waals surface area contributed by atoms with Crippen molar-refractivity contribution in [2.75, 3.05) is 13.1 Å². The zero-order valence-corrected chi connectivity index (χ0v) is 15.7. The van der Waals surface area contributed by atoms with Crippen LogP contribution in [0.2, 0.25) is 0 Å². The molecule has 1 aliphatic heterocycles. The molecule has 2 heterocycles. The van der Waals surface area contributed by atoms with Gasteiger partial charge in [0.2, 0.25) is 15.9 Å². The van der Waals surface area contributed by atoms with Gasteiger partial charge in [-0.15, -0.1) is 0 Å². The first-order chi connectivity index (χ1) is 13.0. The third-order valence-corrected chi connectivity index (χ3v) is 7.34. The minimum Gasteiger partial charge on any atom is -0.350 e. The summed E-state index contributed by atoms with van der Waals surface area (Å²) in [7, 11) is -3.51. The molecule has 2 unspecified atom stereocenters. The van der Waals surface area contributed by atoms with E-state index in [1.54, 1.807) is 39.4 Å². The second kappa shape index (κ2) is 6.94. The molecule has 0 radical (unpaired) electrons. The van der Waals surface area contributed by atoms with Crippen molar-refractivity contribution in [3.63, 3.8) is 0 Å². The largest absolute Gasteiger partial charge is 0.350 e. The highest BCUT2D eigenvalue weighted by Gasteiger charge is 2.45. The lowest BCUT2D eigenvalue weighted by molar-refractivity contribution is -0.117. The first kappa shape index (κ1) is 17.9. The van der Waals surface area contributed by atoms with Crippen molar-refractivity contribution in [3.8, 4) is 5.69 Å². The van der Waals surface area contributed by atoms with Crippen LogP contribution >= 0.6 is 0 Å². The molecular formula is C19H22N4O3S. The summed E-state index contributed by atoms with van der Waals surface area (Å²) in [6, 6.07) is 8.72. The first-order valence-electron chi connectivity index (χ1n) is 9.00. The molecule has 142 valence electrons. The maximum absolute atomic E-state index is 13.0.